The normalized spacial score (nSPS) is 12.2. The predicted octanol–water partition coefficient (Wildman–Crippen LogP) is 0.416. The Morgan fingerprint density at radius 1 is 1.77 bits per heavy atom. The Balaban J connectivity index is 3.81. The first-order chi connectivity index (χ1) is 6.07. The molecule has 6 heteroatoms. The SMILES string of the molecule is CC(=S)N[C@@H](SCCCN)C(=O)O. The van der Waals surface area contributed by atoms with Crippen LogP contribution in [0, 0.1) is 0 Å². The second-order valence-electron chi connectivity index (χ2n) is 2.43. The van der Waals surface area contributed by atoms with Gasteiger partial charge in [-0.1, -0.05) is 12.2 Å². The number of carbonyl (C=O) groups is 1. The molecule has 0 radical (unpaired) electrons. The number of thioether (sulfide) groups is 1. The fourth-order valence-corrected chi connectivity index (χ4v) is 1.81. The van der Waals surface area contributed by atoms with Crippen molar-refractivity contribution in [1.29, 1.82) is 0 Å². The second kappa shape index (κ2) is 7.11. The number of carboxylic acids is 1. The molecule has 0 aliphatic carbocycles. The summed E-state index contributed by atoms with van der Waals surface area (Å²) < 4.78 is 0. The van der Waals surface area contributed by atoms with Gasteiger partial charge in [0.05, 0.1) is 4.99 Å². The molecular formula is C7H14N2O2S2. The molecule has 0 spiro atoms. The van der Waals surface area contributed by atoms with Crippen LogP contribution in [0.3, 0.4) is 0 Å². The van der Waals surface area contributed by atoms with Crippen LogP contribution in [0.25, 0.3) is 0 Å². The van der Waals surface area contributed by atoms with Crippen molar-refractivity contribution in [2.24, 2.45) is 5.73 Å². The zero-order valence-corrected chi connectivity index (χ0v) is 9.08. The van der Waals surface area contributed by atoms with Crippen molar-refractivity contribution >= 4 is 34.9 Å². The Labute approximate surface area is 87.3 Å². The molecule has 0 rings (SSSR count). The minimum atomic E-state index is -0.897. The van der Waals surface area contributed by atoms with Gasteiger partial charge in [-0.05, 0) is 25.6 Å². The summed E-state index contributed by atoms with van der Waals surface area (Å²) in [5.74, 6) is -0.172. The van der Waals surface area contributed by atoms with Gasteiger partial charge in [-0.15, -0.1) is 11.8 Å². The third-order valence-corrected chi connectivity index (χ3v) is 2.49. The average Bonchev–Trinajstić information content (AvgIpc) is 2.02. The van der Waals surface area contributed by atoms with Gasteiger partial charge in [-0.3, -0.25) is 0 Å². The van der Waals surface area contributed by atoms with E-state index in [4.69, 9.17) is 23.1 Å². The highest BCUT2D eigenvalue weighted by Crippen LogP contribution is 2.09. The highest BCUT2D eigenvalue weighted by atomic mass is 32.2. The molecule has 0 fully saturated rings. The average molecular weight is 222 g/mol. The molecule has 76 valence electrons. The molecule has 13 heavy (non-hydrogen) atoms. The summed E-state index contributed by atoms with van der Waals surface area (Å²) in [6.07, 6.45) is 0.812. The lowest BCUT2D eigenvalue weighted by Crippen LogP contribution is -2.36. The van der Waals surface area contributed by atoms with Crippen LogP contribution in [0.2, 0.25) is 0 Å². The largest absolute Gasteiger partial charge is 0.479 e. The van der Waals surface area contributed by atoms with Crippen LogP contribution in [-0.4, -0.2) is 33.7 Å². The fraction of sp³-hybridized carbons (Fsp3) is 0.714. The molecular weight excluding hydrogens is 208 g/mol. The fourth-order valence-electron chi connectivity index (χ4n) is 0.644. The number of nitrogens with two attached hydrogens (primary N) is 1. The molecule has 0 saturated heterocycles. The molecule has 0 aromatic heterocycles. The molecule has 0 aromatic carbocycles. The summed E-state index contributed by atoms with van der Waals surface area (Å²) in [4.78, 5) is 11.1. The zero-order valence-electron chi connectivity index (χ0n) is 7.45. The van der Waals surface area contributed by atoms with Crippen LogP contribution in [0.1, 0.15) is 13.3 Å². The Kier molecular flexibility index (Phi) is 6.93. The standard InChI is InChI=1S/C7H14N2O2S2/c1-5(12)9-6(7(10)11)13-4-2-3-8/h6H,2-4,8H2,1H3,(H,9,12)(H,10,11)/t6-/m0/s1. The first kappa shape index (κ1) is 12.7. The lowest BCUT2D eigenvalue weighted by atomic mass is 10.5. The summed E-state index contributed by atoms with van der Waals surface area (Å²) in [7, 11) is 0. The summed E-state index contributed by atoms with van der Waals surface area (Å²) >= 11 is 6.06. The number of aliphatic carboxylic acids is 1. The Morgan fingerprint density at radius 2 is 2.38 bits per heavy atom. The van der Waals surface area contributed by atoms with Gasteiger partial charge in [0, 0.05) is 0 Å². The van der Waals surface area contributed by atoms with Crippen LogP contribution in [0.5, 0.6) is 0 Å². The summed E-state index contributed by atoms with van der Waals surface area (Å²) in [6, 6.07) is 0. The van der Waals surface area contributed by atoms with Crippen LogP contribution >= 0.6 is 24.0 Å². The number of rotatable bonds is 6. The lowest BCUT2D eigenvalue weighted by molar-refractivity contribution is -0.136. The van der Waals surface area contributed by atoms with Gasteiger partial charge in [-0.25, -0.2) is 4.79 Å². The van der Waals surface area contributed by atoms with Gasteiger partial charge in [-0.2, -0.15) is 0 Å². The molecule has 0 aliphatic rings. The minimum Gasteiger partial charge on any atom is -0.479 e. The van der Waals surface area contributed by atoms with Crippen molar-refractivity contribution in [3.05, 3.63) is 0 Å². The van der Waals surface area contributed by atoms with Crippen LogP contribution < -0.4 is 11.1 Å². The van der Waals surface area contributed by atoms with Crippen LogP contribution in [0.4, 0.5) is 0 Å². The molecule has 4 N–H and O–H groups in total. The molecule has 0 aliphatic heterocycles. The van der Waals surface area contributed by atoms with Crippen molar-refractivity contribution in [3.8, 4) is 0 Å². The maximum atomic E-state index is 10.7. The number of thiocarbonyl (C=S) groups is 1. The van der Waals surface area contributed by atoms with Crippen molar-refractivity contribution in [2.75, 3.05) is 12.3 Å². The maximum absolute atomic E-state index is 10.7. The number of carboxylic acid groups (broad SMARTS) is 1. The van der Waals surface area contributed by atoms with Gasteiger partial charge >= 0.3 is 5.97 Å². The number of nitrogens with one attached hydrogen (secondary N) is 1. The summed E-state index contributed by atoms with van der Waals surface area (Å²) in [6.45, 7) is 2.24. The lowest BCUT2D eigenvalue weighted by Gasteiger charge is -2.13. The molecule has 0 unspecified atom stereocenters. The van der Waals surface area contributed by atoms with Crippen molar-refractivity contribution in [1.82, 2.24) is 5.32 Å². The van der Waals surface area contributed by atoms with E-state index < -0.39 is 11.3 Å². The Hall–Kier alpha value is -0.330. The van der Waals surface area contributed by atoms with Crippen molar-refractivity contribution in [2.45, 2.75) is 18.7 Å². The second-order valence-corrected chi connectivity index (χ2v) is 4.26. The Bertz CT molecular complexity index is 187. The molecule has 4 nitrogen and oxygen atoms in total. The van der Waals surface area contributed by atoms with E-state index in [0.717, 1.165) is 12.2 Å². The third kappa shape index (κ3) is 6.80. The van der Waals surface area contributed by atoms with Gasteiger partial charge in [0.25, 0.3) is 0 Å². The minimum absolute atomic E-state index is 0.493. The number of hydrogen-bond donors (Lipinski definition) is 3. The monoisotopic (exact) mass is 222 g/mol. The zero-order chi connectivity index (χ0) is 10.3. The van der Waals surface area contributed by atoms with Gasteiger partial charge in [0.2, 0.25) is 0 Å². The number of hydrogen-bond acceptors (Lipinski definition) is 4. The van der Waals surface area contributed by atoms with Crippen LogP contribution in [0.15, 0.2) is 0 Å². The highest BCUT2D eigenvalue weighted by Gasteiger charge is 2.16. The first-order valence-corrected chi connectivity index (χ1v) is 5.35. The quantitative estimate of drug-likeness (QED) is 0.343. The van der Waals surface area contributed by atoms with E-state index >= 15 is 0 Å². The van der Waals surface area contributed by atoms with Crippen molar-refractivity contribution < 1.29 is 9.90 Å². The first-order valence-electron chi connectivity index (χ1n) is 3.89. The summed E-state index contributed by atoms with van der Waals surface area (Å²) in [5, 5.41) is 10.8. The maximum Gasteiger partial charge on any atom is 0.336 e. The van der Waals surface area contributed by atoms with E-state index in [1.54, 1.807) is 6.92 Å². The topological polar surface area (TPSA) is 75.3 Å². The van der Waals surface area contributed by atoms with Gasteiger partial charge < -0.3 is 16.2 Å². The summed E-state index contributed by atoms with van der Waals surface area (Å²) in [5.41, 5.74) is 5.29. The molecule has 0 aromatic rings. The van der Waals surface area contributed by atoms with E-state index in [0.29, 0.717) is 11.5 Å². The van der Waals surface area contributed by atoms with E-state index in [-0.39, 0.29) is 0 Å². The van der Waals surface area contributed by atoms with Crippen LogP contribution in [-0.2, 0) is 4.79 Å². The van der Waals surface area contributed by atoms with Crippen molar-refractivity contribution in [3.63, 3.8) is 0 Å². The molecule has 0 heterocycles. The van der Waals surface area contributed by atoms with E-state index in [1.807, 2.05) is 0 Å². The smallest absolute Gasteiger partial charge is 0.336 e. The van der Waals surface area contributed by atoms with E-state index in [1.165, 1.54) is 11.8 Å². The molecule has 0 amide bonds. The van der Waals surface area contributed by atoms with E-state index in [2.05, 4.69) is 5.32 Å². The molecule has 0 bridgehead atoms. The molecule has 1 atom stereocenters. The highest BCUT2D eigenvalue weighted by molar-refractivity contribution is 8.00. The van der Waals surface area contributed by atoms with E-state index in [9.17, 15) is 4.79 Å². The van der Waals surface area contributed by atoms with Gasteiger partial charge in [0.15, 0.2) is 5.37 Å². The van der Waals surface area contributed by atoms with Gasteiger partial charge in [0.1, 0.15) is 0 Å². The third-order valence-electron chi connectivity index (χ3n) is 1.19. The predicted molar refractivity (Wildman–Crippen MR) is 59.0 cm³/mol. The molecule has 0 saturated carbocycles. The Morgan fingerprint density at radius 3 is 2.77 bits per heavy atom.